The fourth-order valence-electron chi connectivity index (χ4n) is 3.02. The van der Waals surface area contributed by atoms with Crippen molar-refractivity contribution in [2.75, 3.05) is 6.54 Å². The number of rotatable bonds is 4. The number of carbonyl (C=O) groups excluding carboxylic acids is 1. The molecular weight excluding hydrogens is 301 g/mol. The molecule has 0 spiro atoms. The smallest absolute Gasteiger partial charge is 0.255 e. The second-order valence-corrected chi connectivity index (χ2v) is 6.19. The fourth-order valence-corrected chi connectivity index (χ4v) is 3.26. The zero-order chi connectivity index (χ0) is 15.6. The summed E-state index contributed by atoms with van der Waals surface area (Å²) in [5, 5.41) is 3.00. The molecule has 4 heteroatoms. The number of hydrogen-bond donors (Lipinski definition) is 1. The van der Waals surface area contributed by atoms with Crippen molar-refractivity contribution in [1.29, 1.82) is 0 Å². The van der Waals surface area contributed by atoms with Crippen LogP contribution in [0.2, 0.25) is 5.02 Å². The Bertz CT molecular complexity index is 662. The Balaban J connectivity index is 1.75. The molecule has 0 bridgehead atoms. The van der Waals surface area contributed by atoms with E-state index in [4.69, 9.17) is 11.6 Å². The number of nitrogens with one attached hydrogen (secondary N) is 1. The molecule has 0 radical (unpaired) electrons. The number of benzene rings is 2. The Morgan fingerprint density at radius 2 is 1.86 bits per heavy atom. The van der Waals surface area contributed by atoms with Crippen molar-refractivity contribution in [3.63, 3.8) is 0 Å². The van der Waals surface area contributed by atoms with Gasteiger partial charge in [-0.2, -0.15) is 0 Å². The van der Waals surface area contributed by atoms with Gasteiger partial charge in [0.1, 0.15) is 5.82 Å². The molecule has 1 fully saturated rings. The highest BCUT2D eigenvalue weighted by Crippen LogP contribution is 2.43. The summed E-state index contributed by atoms with van der Waals surface area (Å²) in [4.78, 5) is 12.3. The number of carbonyl (C=O) groups is 1. The molecule has 1 aliphatic carbocycles. The van der Waals surface area contributed by atoms with Gasteiger partial charge in [0.25, 0.3) is 5.91 Å². The van der Waals surface area contributed by atoms with Crippen LogP contribution in [0.1, 0.15) is 35.2 Å². The lowest BCUT2D eigenvalue weighted by atomic mass is 9.64. The van der Waals surface area contributed by atoms with Crippen LogP contribution in [0.4, 0.5) is 4.39 Å². The zero-order valence-electron chi connectivity index (χ0n) is 12.1. The van der Waals surface area contributed by atoms with E-state index in [0.29, 0.717) is 6.54 Å². The summed E-state index contributed by atoms with van der Waals surface area (Å²) in [7, 11) is 0. The minimum atomic E-state index is -0.590. The normalized spacial score (nSPS) is 15.9. The maximum atomic E-state index is 13.8. The molecule has 1 aliphatic rings. The fraction of sp³-hybridized carbons (Fsp3) is 0.278. The van der Waals surface area contributed by atoms with Gasteiger partial charge in [-0.1, -0.05) is 54.4 Å². The average molecular weight is 318 g/mol. The lowest BCUT2D eigenvalue weighted by Gasteiger charge is -2.42. The van der Waals surface area contributed by atoms with Crippen molar-refractivity contribution in [3.8, 4) is 0 Å². The van der Waals surface area contributed by atoms with E-state index in [1.807, 2.05) is 18.2 Å². The highest BCUT2D eigenvalue weighted by molar-refractivity contribution is 6.33. The Hall–Kier alpha value is -1.87. The Morgan fingerprint density at radius 3 is 2.45 bits per heavy atom. The first-order chi connectivity index (χ1) is 10.6. The van der Waals surface area contributed by atoms with Crippen LogP contribution in [0.5, 0.6) is 0 Å². The molecule has 0 heterocycles. The quantitative estimate of drug-likeness (QED) is 0.893. The van der Waals surface area contributed by atoms with E-state index in [1.165, 1.54) is 23.8 Å². The third-order valence-corrected chi connectivity index (χ3v) is 4.79. The molecule has 0 aliphatic heterocycles. The molecule has 0 saturated heterocycles. The van der Waals surface area contributed by atoms with Crippen molar-refractivity contribution < 1.29 is 9.18 Å². The van der Waals surface area contributed by atoms with E-state index < -0.39 is 11.7 Å². The Morgan fingerprint density at radius 1 is 1.14 bits per heavy atom. The topological polar surface area (TPSA) is 29.1 Å². The van der Waals surface area contributed by atoms with E-state index in [-0.39, 0.29) is 16.0 Å². The average Bonchev–Trinajstić information content (AvgIpc) is 2.47. The third-order valence-electron chi connectivity index (χ3n) is 4.47. The lowest BCUT2D eigenvalue weighted by Crippen LogP contribution is -2.45. The van der Waals surface area contributed by atoms with Gasteiger partial charge in [-0.25, -0.2) is 4.39 Å². The Labute approximate surface area is 134 Å². The number of halogens is 2. The highest BCUT2D eigenvalue weighted by atomic mass is 35.5. The maximum absolute atomic E-state index is 13.8. The van der Waals surface area contributed by atoms with Crippen LogP contribution in [-0.2, 0) is 5.41 Å². The zero-order valence-corrected chi connectivity index (χ0v) is 12.9. The first kappa shape index (κ1) is 15.0. The maximum Gasteiger partial charge on any atom is 0.255 e. The van der Waals surface area contributed by atoms with E-state index >= 15 is 0 Å². The Kier molecular flexibility index (Phi) is 4.16. The summed E-state index contributed by atoms with van der Waals surface area (Å²) < 4.78 is 13.8. The van der Waals surface area contributed by atoms with Gasteiger partial charge in [-0.3, -0.25) is 4.79 Å². The van der Waals surface area contributed by atoms with E-state index in [0.717, 1.165) is 19.3 Å². The molecule has 1 saturated carbocycles. The van der Waals surface area contributed by atoms with E-state index in [2.05, 4.69) is 17.4 Å². The van der Waals surface area contributed by atoms with Crippen LogP contribution in [0.15, 0.2) is 48.5 Å². The largest absolute Gasteiger partial charge is 0.351 e. The number of amides is 1. The predicted octanol–water partition coefficient (Wildman–Crippen LogP) is 4.33. The molecular formula is C18H17ClFNO. The van der Waals surface area contributed by atoms with Crippen molar-refractivity contribution in [2.24, 2.45) is 0 Å². The van der Waals surface area contributed by atoms with Gasteiger partial charge in [0.2, 0.25) is 0 Å². The number of hydrogen-bond acceptors (Lipinski definition) is 1. The minimum Gasteiger partial charge on any atom is -0.351 e. The van der Waals surface area contributed by atoms with Gasteiger partial charge >= 0.3 is 0 Å². The molecule has 1 amide bonds. The van der Waals surface area contributed by atoms with Gasteiger partial charge in [0.05, 0.1) is 10.6 Å². The summed E-state index contributed by atoms with van der Waals surface area (Å²) in [5.74, 6) is -1.04. The third kappa shape index (κ3) is 2.73. The molecule has 2 nitrogen and oxygen atoms in total. The van der Waals surface area contributed by atoms with Crippen LogP contribution in [0.25, 0.3) is 0 Å². The molecule has 3 rings (SSSR count). The molecule has 1 N–H and O–H groups in total. The van der Waals surface area contributed by atoms with E-state index in [1.54, 1.807) is 0 Å². The lowest BCUT2D eigenvalue weighted by molar-refractivity contribution is 0.0924. The van der Waals surface area contributed by atoms with Crippen molar-refractivity contribution >= 4 is 17.5 Å². The second kappa shape index (κ2) is 6.09. The van der Waals surface area contributed by atoms with Crippen LogP contribution in [0, 0.1) is 5.82 Å². The van der Waals surface area contributed by atoms with Crippen LogP contribution in [-0.4, -0.2) is 12.5 Å². The highest BCUT2D eigenvalue weighted by Gasteiger charge is 2.38. The van der Waals surface area contributed by atoms with Crippen molar-refractivity contribution in [1.82, 2.24) is 5.32 Å². The van der Waals surface area contributed by atoms with Gasteiger partial charge in [-0.05, 0) is 30.5 Å². The molecule has 0 unspecified atom stereocenters. The summed E-state index contributed by atoms with van der Waals surface area (Å²) in [5.41, 5.74) is 1.11. The van der Waals surface area contributed by atoms with E-state index in [9.17, 15) is 9.18 Å². The standard InChI is InChI=1S/C18H17ClFNO/c19-14-8-4-9-15(20)16(14)17(22)21-12-18(10-5-11-18)13-6-2-1-3-7-13/h1-4,6-9H,5,10-12H2,(H,21,22). The van der Waals surface area contributed by atoms with Gasteiger partial charge in [0, 0.05) is 12.0 Å². The van der Waals surface area contributed by atoms with Gasteiger partial charge in [0.15, 0.2) is 0 Å². The molecule has 22 heavy (non-hydrogen) atoms. The summed E-state index contributed by atoms with van der Waals surface area (Å²) in [6.07, 6.45) is 3.20. The van der Waals surface area contributed by atoms with Gasteiger partial charge in [-0.15, -0.1) is 0 Å². The SMILES string of the molecule is O=C(NCC1(c2ccccc2)CCC1)c1c(F)cccc1Cl. The monoisotopic (exact) mass is 317 g/mol. The van der Waals surface area contributed by atoms with Gasteiger partial charge < -0.3 is 5.32 Å². The molecule has 0 atom stereocenters. The van der Waals surface area contributed by atoms with Crippen molar-refractivity contribution in [3.05, 3.63) is 70.5 Å². The van der Waals surface area contributed by atoms with Crippen LogP contribution >= 0.6 is 11.6 Å². The van der Waals surface area contributed by atoms with Crippen LogP contribution < -0.4 is 5.32 Å². The first-order valence-corrected chi connectivity index (χ1v) is 7.78. The minimum absolute atomic E-state index is 0.0331. The summed E-state index contributed by atoms with van der Waals surface area (Å²) >= 11 is 5.94. The predicted molar refractivity (Wildman–Crippen MR) is 85.7 cm³/mol. The molecule has 2 aromatic rings. The summed E-state index contributed by atoms with van der Waals surface area (Å²) in [6, 6.07) is 14.4. The molecule has 2 aromatic carbocycles. The summed E-state index contributed by atoms with van der Waals surface area (Å²) in [6.45, 7) is 0.501. The molecule has 0 aromatic heterocycles. The van der Waals surface area contributed by atoms with Crippen LogP contribution in [0.3, 0.4) is 0 Å². The molecule has 114 valence electrons. The van der Waals surface area contributed by atoms with Crippen molar-refractivity contribution in [2.45, 2.75) is 24.7 Å². The second-order valence-electron chi connectivity index (χ2n) is 5.78. The first-order valence-electron chi connectivity index (χ1n) is 7.40.